The molecular formula is C26H21Cl2FN6O2. The average molecular weight is 539 g/mol. The second-order valence-corrected chi connectivity index (χ2v) is 9.38. The quantitative estimate of drug-likeness (QED) is 0.379. The Balaban J connectivity index is 1.51. The Labute approximate surface area is 221 Å². The van der Waals surface area contributed by atoms with E-state index < -0.39 is 11.7 Å². The molecule has 2 aromatic carbocycles. The molecule has 1 saturated heterocycles. The van der Waals surface area contributed by atoms with Gasteiger partial charge in [-0.05, 0) is 42.8 Å². The Morgan fingerprint density at radius 2 is 1.84 bits per heavy atom. The zero-order valence-electron chi connectivity index (χ0n) is 19.4. The number of benzene rings is 2. The van der Waals surface area contributed by atoms with Crippen LogP contribution in [0.2, 0.25) is 10.0 Å². The summed E-state index contributed by atoms with van der Waals surface area (Å²) in [7, 11) is 0. The lowest BCUT2D eigenvalue weighted by molar-refractivity contribution is 0.0784. The van der Waals surface area contributed by atoms with E-state index in [1.54, 1.807) is 17.0 Å². The van der Waals surface area contributed by atoms with E-state index in [1.807, 2.05) is 18.2 Å². The molecule has 1 atom stereocenters. The number of anilines is 1. The van der Waals surface area contributed by atoms with E-state index in [1.165, 1.54) is 41.2 Å². The molecule has 188 valence electrons. The number of halogens is 3. The monoisotopic (exact) mass is 538 g/mol. The van der Waals surface area contributed by atoms with E-state index in [2.05, 4.69) is 15.4 Å². The van der Waals surface area contributed by atoms with Crippen molar-refractivity contribution in [2.24, 2.45) is 5.73 Å². The topological polar surface area (TPSA) is 106 Å². The third-order valence-corrected chi connectivity index (χ3v) is 6.62. The minimum absolute atomic E-state index is 0.00996. The fraction of sp³-hybridized carbons (Fsp3) is 0.154. The van der Waals surface area contributed by atoms with E-state index in [-0.39, 0.29) is 50.3 Å². The average Bonchev–Trinajstić information content (AvgIpc) is 3.51. The van der Waals surface area contributed by atoms with Gasteiger partial charge in [0.2, 0.25) is 0 Å². The van der Waals surface area contributed by atoms with Crippen LogP contribution in [0.4, 0.5) is 10.2 Å². The van der Waals surface area contributed by atoms with Crippen LogP contribution in [-0.2, 0) is 0 Å². The van der Waals surface area contributed by atoms with Gasteiger partial charge in [0.05, 0.1) is 21.3 Å². The summed E-state index contributed by atoms with van der Waals surface area (Å²) in [5.74, 6) is -1.22. The highest BCUT2D eigenvalue weighted by atomic mass is 35.5. The molecule has 0 radical (unpaired) electrons. The van der Waals surface area contributed by atoms with E-state index in [0.29, 0.717) is 25.2 Å². The third kappa shape index (κ3) is 5.06. The summed E-state index contributed by atoms with van der Waals surface area (Å²) in [6, 6.07) is 15.9. The predicted molar refractivity (Wildman–Crippen MR) is 140 cm³/mol. The van der Waals surface area contributed by atoms with E-state index >= 15 is 0 Å². The van der Waals surface area contributed by atoms with Crippen LogP contribution in [0.3, 0.4) is 0 Å². The molecule has 0 bridgehead atoms. The maximum Gasteiger partial charge on any atom is 0.274 e. The molecule has 1 aliphatic rings. The van der Waals surface area contributed by atoms with Gasteiger partial charge in [0, 0.05) is 37.0 Å². The summed E-state index contributed by atoms with van der Waals surface area (Å²) in [6.45, 7) is 0.971. The maximum atomic E-state index is 14.4. The SMILES string of the molecule is N[C@@H]1CCN(C(=O)c2cc(NC(=O)c3cc(-c4ncccc4F)c(Cl)cc3Cl)n(-c3ccccc3)n2)C1. The smallest absolute Gasteiger partial charge is 0.274 e. The Hall–Kier alpha value is -3.79. The number of amides is 2. The Kier molecular flexibility index (Phi) is 6.92. The molecule has 1 fully saturated rings. The van der Waals surface area contributed by atoms with Crippen molar-refractivity contribution in [2.75, 3.05) is 18.4 Å². The van der Waals surface area contributed by atoms with Gasteiger partial charge in [0.1, 0.15) is 17.3 Å². The standard InChI is InChI=1S/C26H21Cl2FN6O2/c27-19-12-20(28)18(11-17(19)24-21(29)7-4-9-31-24)25(36)32-23-13-22(26(37)34-10-8-15(30)14-34)33-35(23)16-5-2-1-3-6-16/h1-7,9,11-13,15H,8,10,14,30H2,(H,32,36)/t15-/m1/s1. The molecule has 37 heavy (non-hydrogen) atoms. The zero-order chi connectivity index (χ0) is 26.1. The van der Waals surface area contributed by atoms with Crippen LogP contribution in [0.25, 0.3) is 16.9 Å². The fourth-order valence-electron chi connectivity index (χ4n) is 4.15. The van der Waals surface area contributed by atoms with Crippen LogP contribution in [-0.4, -0.2) is 50.6 Å². The fourth-order valence-corrected chi connectivity index (χ4v) is 4.70. The van der Waals surface area contributed by atoms with Crippen LogP contribution < -0.4 is 11.1 Å². The van der Waals surface area contributed by atoms with Gasteiger partial charge in [0.15, 0.2) is 5.69 Å². The Morgan fingerprint density at radius 3 is 2.54 bits per heavy atom. The van der Waals surface area contributed by atoms with Gasteiger partial charge in [-0.1, -0.05) is 41.4 Å². The molecule has 2 aromatic heterocycles. The Bertz CT molecular complexity index is 1490. The van der Waals surface area contributed by atoms with Gasteiger partial charge >= 0.3 is 0 Å². The molecule has 0 unspecified atom stereocenters. The van der Waals surface area contributed by atoms with Crippen molar-refractivity contribution in [1.29, 1.82) is 0 Å². The number of hydrogen-bond acceptors (Lipinski definition) is 5. The highest BCUT2D eigenvalue weighted by Crippen LogP contribution is 2.33. The highest BCUT2D eigenvalue weighted by molar-refractivity contribution is 6.38. The lowest BCUT2D eigenvalue weighted by Crippen LogP contribution is -2.32. The number of nitrogens with zero attached hydrogens (tertiary/aromatic N) is 4. The van der Waals surface area contributed by atoms with Crippen LogP contribution >= 0.6 is 23.2 Å². The van der Waals surface area contributed by atoms with Crippen molar-refractivity contribution in [3.8, 4) is 16.9 Å². The first-order valence-electron chi connectivity index (χ1n) is 11.4. The molecule has 3 heterocycles. The number of rotatable bonds is 5. The van der Waals surface area contributed by atoms with E-state index in [4.69, 9.17) is 28.9 Å². The second-order valence-electron chi connectivity index (χ2n) is 8.56. The van der Waals surface area contributed by atoms with Crippen molar-refractivity contribution < 1.29 is 14.0 Å². The molecule has 0 saturated carbocycles. The van der Waals surface area contributed by atoms with Gasteiger partial charge in [-0.3, -0.25) is 14.6 Å². The van der Waals surface area contributed by atoms with Gasteiger partial charge < -0.3 is 16.0 Å². The number of pyridine rings is 1. The minimum atomic E-state index is -0.599. The number of nitrogens with one attached hydrogen (secondary N) is 1. The van der Waals surface area contributed by atoms with Crippen molar-refractivity contribution in [2.45, 2.75) is 12.5 Å². The molecule has 8 nitrogen and oxygen atoms in total. The van der Waals surface area contributed by atoms with Crippen LogP contribution in [0, 0.1) is 5.82 Å². The molecule has 2 amide bonds. The van der Waals surface area contributed by atoms with Crippen LogP contribution in [0.15, 0.2) is 66.9 Å². The van der Waals surface area contributed by atoms with Crippen molar-refractivity contribution in [1.82, 2.24) is 19.7 Å². The number of aromatic nitrogens is 3. The lowest BCUT2D eigenvalue weighted by Gasteiger charge is -2.13. The first-order valence-corrected chi connectivity index (χ1v) is 12.2. The summed E-state index contributed by atoms with van der Waals surface area (Å²) in [5, 5.41) is 7.45. The Morgan fingerprint density at radius 1 is 1.05 bits per heavy atom. The number of para-hydroxylation sites is 1. The van der Waals surface area contributed by atoms with E-state index in [9.17, 15) is 14.0 Å². The first-order chi connectivity index (χ1) is 17.8. The normalized spacial score (nSPS) is 15.1. The third-order valence-electron chi connectivity index (χ3n) is 6.00. The lowest BCUT2D eigenvalue weighted by atomic mass is 10.1. The van der Waals surface area contributed by atoms with Gasteiger partial charge in [0.25, 0.3) is 11.8 Å². The minimum Gasteiger partial charge on any atom is -0.336 e. The summed E-state index contributed by atoms with van der Waals surface area (Å²) >= 11 is 12.6. The first kappa shape index (κ1) is 24.9. The van der Waals surface area contributed by atoms with E-state index in [0.717, 1.165) is 0 Å². The predicted octanol–water partition coefficient (Wildman–Crippen LogP) is 4.81. The van der Waals surface area contributed by atoms with Crippen molar-refractivity contribution in [3.63, 3.8) is 0 Å². The molecule has 0 aliphatic carbocycles. The largest absolute Gasteiger partial charge is 0.336 e. The molecule has 4 aromatic rings. The van der Waals surface area contributed by atoms with Gasteiger partial charge in [-0.2, -0.15) is 5.10 Å². The van der Waals surface area contributed by atoms with Crippen molar-refractivity contribution in [3.05, 3.63) is 94.0 Å². The highest BCUT2D eigenvalue weighted by Gasteiger charge is 2.28. The summed E-state index contributed by atoms with van der Waals surface area (Å²) < 4.78 is 15.9. The molecular weight excluding hydrogens is 518 g/mol. The van der Waals surface area contributed by atoms with Crippen LogP contribution in [0.5, 0.6) is 0 Å². The molecule has 5 rings (SSSR count). The van der Waals surface area contributed by atoms with Gasteiger partial charge in [-0.15, -0.1) is 0 Å². The van der Waals surface area contributed by atoms with Crippen molar-refractivity contribution >= 4 is 40.8 Å². The number of nitrogens with two attached hydrogens (primary N) is 1. The second kappa shape index (κ2) is 10.3. The zero-order valence-corrected chi connectivity index (χ0v) is 20.9. The summed E-state index contributed by atoms with van der Waals surface area (Å²) in [4.78, 5) is 32.1. The van der Waals surface area contributed by atoms with Gasteiger partial charge in [-0.25, -0.2) is 9.07 Å². The number of carbonyl (C=O) groups excluding carboxylic acids is 2. The summed E-state index contributed by atoms with van der Waals surface area (Å²) in [5.41, 5.74) is 7.00. The number of likely N-dealkylation sites (tertiary alicyclic amines) is 1. The number of hydrogen-bond donors (Lipinski definition) is 2. The molecule has 0 spiro atoms. The summed E-state index contributed by atoms with van der Waals surface area (Å²) in [6.07, 6.45) is 2.14. The number of carbonyl (C=O) groups is 2. The molecule has 3 N–H and O–H groups in total. The molecule has 1 aliphatic heterocycles. The van der Waals surface area contributed by atoms with Crippen LogP contribution in [0.1, 0.15) is 27.3 Å². The maximum absolute atomic E-state index is 14.4. The molecule has 11 heteroatoms.